The second-order valence-corrected chi connectivity index (χ2v) is 4.43. The van der Waals surface area contributed by atoms with Crippen LogP contribution in [0.25, 0.3) is 10.4 Å². The van der Waals surface area contributed by atoms with E-state index in [2.05, 4.69) is 20.5 Å². The highest BCUT2D eigenvalue weighted by Gasteiger charge is 2.30. The molecule has 0 saturated heterocycles. The number of carbonyl (C=O) groups is 2. The standard InChI is InChI=1S/C11H12N6O2/c12-16-11(19)8-2-1-7-9(15-8)3-6(4-10(7)18)5-14-17-13/h1-2,6,8,12,15H,3-5H2. The van der Waals surface area contributed by atoms with Crippen LogP contribution in [-0.2, 0) is 9.59 Å². The van der Waals surface area contributed by atoms with Gasteiger partial charge in [0.05, 0.1) is 0 Å². The lowest BCUT2D eigenvalue weighted by molar-refractivity contribution is -0.120. The van der Waals surface area contributed by atoms with Crippen LogP contribution in [0.2, 0.25) is 0 Å². The van der Waals surface area contributed by atoms with Crippen molar-refractivity contribution in [3.63, 3.8) is 0 Å². The van der Waals surface area contributed by atoms with Crippen molar-refractivity contribution >= 4 is 11.7 Å². The average molecular weight is 260 g/mol. The van der Waals surface area contributed by atoms with Gasteiger partial charge in [0.1, 0.15) is 6.04 Å². The van der Waals surface area contributed by atoms with E-state index in [1.165, 1.54) is 6.08 Å². The van der Waals surface area contributed by atoms with Gasteiger partial charge in [-0.1, -0.05) is 17.3 Å². The molecule has 0 aromatic carbocycles. The van der Waals surface area contributed by atoms with Crippen LogP contribution in [0.4, 0.5) is 0 Å². The first kappa shape index (κ1) is 13.0. The monoisotopic (exact) mass is 260 g/mol. The van der Waals surface area contributed by atoms with E-state index in [-0.39, 0.29) is 18.2 Å². The number of amides is 1. The van der Waals surface area contributed by atoms with Gasteiger partial charge in [0.15, 0.2) is 5.78 Å². The van der Waals surface area contributed by atoms with Crippen molar-refractivity contribution in [3.8, 4) is 0 Å². The summed E-state index contributed by atoms with van der Waals surface area (Å²) < 4.78 is 0. The summed E-state index contributed by atoms with van der Waals surface area (Å²) in [5, 5.41) is 9.26. The van der Waals surface area contributed by atoms with E-state index < -0.39 is 11.9 Å². The number of allylic oxidation sites excluding steroid dienone is 3. The Morgan fingerprint density at radius 3 is 3.05 bits per heavy atom. The van der Waals surface area contributed by atoms with Crippen molar-refractivity contribution < 1.29 is 9.59 Å². The molecule has 1 aliphatic heterocycles. The van der Waals surface area contributed by atoms with Gasteiger partial charge in [0.25, 0.3) is 5.91 Å². The first-order valence-electron chi connectivity index (χ1n) is 5.79. The van der Waals surface area contributed by atoms with Gasteiger partial charge in [-0.25, -0.2) is 5.53 Å². The third kappa shape index (κ3) is 2.69. The molecule has 0 spiro atoms. The molecule has 1 amide bonds. The summed E-state index contributed by atoms with van der Waals surface area (Å²) in [4.78, 5) is 25.9. The van der Waals surface area contributed by atoms with Gasteiger partial charge in [0, 0.05) is 29.1 Å². The van der Waals surface area contributed by atoms with E-state index >= 15 is 0 Å². The maximum absolute atomic E-state index is 11.9. The molecule has 2 unspecified atom stereocenters. The van der Waals surface area contributed by atoms with E-state index in [1.807, 2.05) is 0 Å². The summed E-state index contributed by atoms with van der Waals surface area (Å²) in [5.41, 5.74) is 16.2. The first-order chi connectivity index (χ1) is 9.15. The quantitative estimate of drug-likeness (QED) is 0.453. The summed E-state index contributed by atoms with van der Waals surface area (Å²) in [6.07, 6.45) is 4.02. The van der Waals surface area contributed by atoms with Crippen LogP contribution in [0.1, 0.15) is 12.8 Å². The maximum Gasteiger partial charge on any atom is 0.290 e. The fraction of sp³-hybridized carbons (Fsp3) is 0.455. The lowest BCUT2D eigenvalue weighted by atomic mass is 9.84. The Hall–Kier alpha value is -2.47. The van der Waals surface area contributed by atoms with E-state index in [9.17, 15) is 9.59 Å². The minimum Gasteiger partial charge on any atom is -0.373 e. The van der Waals surface area contributed by atoms with Crippen molar-refractivity contribution in [1.82, 2.24) is 5.32 Å². The highest BCUT2D eigenvalue weighted by atomic mass is 16.2. The zero-order valence-electron chi connectivity index (χ0n) is 10.0. The largest absolute Gasteiger partial charge is 0.373 e. The van der Waals surface area contributed by atoms with Crippen LogP contribution >= 0.6 is 0 Å². The number of hydrogen-bond acceptors (Lipinski definition) is 5. The zero-order chi connectivity index (χ0) is 13.8. The highest BCUT2D eigenvalue weighted by molar-refractivity contribution is 6.00. The van der Waals surface area contributed by atoms with E-state index in [4.69, 9.17) is 11.1 Å². The lowest BCUT2D eigenvalue weighted by Crippen LogP contribution is -2.39. The Morgan fingerprint density at radius 1 is 1.58 bits per heavy atom. The third-order valence-corrected chi connectivity index (χ3v) is 3.16. The number of dihydropyridines is 1. The molecule has 0 bridgehead atoms. The average Bonchev–Trinajstić information content (AvgIpc) is 2.43. The topological polar surface area (TPSA) is 131 Å². The first-order valence-corrected chi connectivity index (χ1v) is 5.79. The minimum atomic E-state index is -0.692. The van der Waals surface area contributed by atoms with Gasteiger partial charge < -0.3 is 5.32 Å². The SMILES string of the molecule is [N-]=[N+]=NCC1CC(=O)C2=C(C1)NC(C(=O)N=N)C=C2. The number of carbonyl (C=O) groups excluding carboxylic acids is 2. The Bertz CT molecular complexity index is 543. The van der Waals surface area contributed by atoms with Crippen molar-refractivity contribution in [3.05, 3.63) is 33.9 Å². The maximum atomic E-state index is 11.9. The summed E-state index contributed by atoms with van der Waals surface area (Å²) in [7, 11) is 0. The van der Waals surface area contributed by atoms with Gasteiger partial charge in [-0.15, -0.1) is 5.11 Å². The molecule has 0 aromatic rings. The van der Waals surface area contributed by atoms with E-state index in [1.54, 1.807) is 6.08 Å². The van der Waals surface area contributed by atoms with Gasteiger partial charge in [0.2, 0.25) is 0 Å². The molecule has 8 nitrogen and oxygen atoms in total. The van der Waals surface area contributed by atoms with Crippen LogP contribution in [0.15, 0.2) is 33.7 Å². The Kier molecular flexibility index (Phi) is 3.72. The summed E-state index contributed by atoms with van der Waals surface area (Å²) >= 11 is 0. The van der Waals surface area contributed by atoms with Crippen LogP contribution in [0.5, 0.6) is 0 Å². The molecular formula is C11H12N6O2. The van der Waals surface area contributed by atoms with Gasteiger partial charge >= 0.3 is 0 Å². The van der Waals surface area contributed by atoms with Gasteiger partial charge in [-0.3, -0.25) is 9.59 Å². The fourth-order valence-corrected chi connectivity index (χ4v) is 2.26. The van der Waals surface area contributed by atoms with Crippen molar-refractivity contribution in [2.45, 2.75) is 18.9 Å². The molecule has 0 fully saturated rings. The number of azide groups is 1. The van der Waals surface area contributed by atoms with Crippen LogP contribution in [-0.4, -0.2) is 24.3 Å². The molecule has 1 aliphatic carbocycles. The molecule has 2 aliphatic rings. The van der Waals surface area contributed by atoms with Gasteiger partial charge in [-0.05, 0) is 17.9 Å². The third-order valence-electron chi connectivity index (χ3n) is 3.16. The van der Waals surface area contributed by atoms with Crippen LogP contribution in [0, 0.1) is 11.4 Å². The predicted molar refractivity (Wildman–Crippen MR) is 65.0 cm³/mol. The molecule has 98 valence electrons. The van der Waals surface area contributed by atoms with Crippen LogP contribution in [0.3, 0.4) is 0 Å². The van der Waals surface area contributed by atoms with E-state index in [0.29, 0.717) is 24.1 Å². The molecule has 8 heteroatoms. The minimum absolute atomic E-state index is 0.0307. The van der Waals surface area contributed by atoms with Crippen molar-refractivity contribution in [1.29, 1.82) is 5.53 Å². The second kappa shape index (κ2) is 5.45. The van der Waals surface area contributed by atoms with E-state index in [0.717, 1.165) is 0 Å². The van der Waals surface area contributed by atoms with Crippen molar-refractivity contribution in [2.24, 2.45) is 16.1 Å². The summed E-state index contributed by atoms with van der Waals surface area (Å²) in [5.74, 6) is -0.686. The molecule has 2 atom stereocenters. The number of rotatable bonds is 3. The number of nitrogens with one attached hydrogen (secondary N) is 2. The molecule has 0 saturated carbocycles. The molecule has 19 heavy (non-hydrogen) atoms. The highest BCUT2D eigenvalue weighted by Crippen LogP contribution is 2.29. The number of nitrogens with zero attached hydrogens (tertiary/aromatic N) is 4. The molecule has 2 rings (SSSR count). The predicted octanol–water partition coefficient (Wildman–Crippen LogP) is 1.62. The molecule has 2 N–H and O–H groups in total. The summed E-state index contributed by atoms with van der Waals surface area (Å²) in [6.45, 7) is 0.256. The molecule has 0 radical (unpaired) electrons. The molecule has 0 aromatic heterocycles. The lowest BCUT2D eigenvalue weighted by Gasteiger charge is -2.29. The second-order valence-electron chi connectivity index (χ2n) is 4.43. The van der Waals surface area contributed by atoms with Crippen molar-refractivity contribution in [2.75, 3.05) is 6.54 Å². The Morgan fingerprint density at radius 2 is 2.37 bits per heavy atom. The fourth-order valence-electron chi connectivity index (χ4n) is 2.26. The Balaban J connectivity index is 2.16. The zero-order valence-corrected chi connectivity index (χ0v) is 10.0. The molecular weight excluding hydrogens is 248 g/mol. The van der Waals surface area contributed by atoms with Crippen LogP contribution < -0.4 is 5.32 Å². The number of Topliss-reactive ketones (excluding diaryl/α,β-unsaturated/α-hetero) is 1. The number of hydrogen-bond donors (Lipinski definition) is 2. The summed E-state index contributed by atoms with van der Waals surface area (Å²) in [6, 6.07) is -0.692. The van der Waals surface area contributed by atoms with Gasteiger partial charge in [-0.2, -0.15) is 0 Å². The molecule has 1 heterocycles. The number of ketones is 1. The Labute approximate surface area is 108 Å². The smallest absolute Gasteiger partial charge is 0.290 e. The normalized spacial score (nSPS) is 25.2.